The topological polar surface area (TPSA) is 4.93 Å². The maximum Gasteiger partial charge on any atom is 0.0619 e. The van der Waals surface area contributed by atoms with Gasteiger partial charge in [-0.25, -0.2) is 0 Å². The molecule has 9 rings (SSSR count). The molecule has 0 N–H and O–H groups in total. The lowest BCUT2D eigenvalue weighted by Gasteiger charge is -2.22. The van der Waals surface area contributed by atoms with Gasteiger partial charge < -0.3 is 4.57 Å². The quantitative estimate of drug-likeness (QED) is 0.193. The summed E-state index contributed by atoms with van der Waals surface area (Å²) in [7, 11) is 0. The van der Waals surface area contributed by atoms with Crippen molar-refractivity contribution >= 4 is 21.8 Å². The monoisotopic (exact) mass is 587 g/mol. The van der Waals surface area contributed by atoms with E-state index in [1.165, 1.54) is 83.1 Å². The number of aromatic nitrogens is 1. The summed E-state index contributed by atoms with van der Waals surface area (Å²) >= 11 is 0. The van der Waals surface area contributed by atoms with Crippen LogP contribution in [0.1, 0.15) is 25.0 Å². The molecular formula is C45H33N. The van der Waals surface area contributed by atoms with Crippen LogP contribution < -0.4 is 0 Å². The van der Waals surface area contributed by atoms with Crippen molar-refractivity contribution in [2.75, 3.05) is 0 Å². The van der Waals surface area contributed by atoms with Gasteiger partial charge in [-0.15, -0.1) is 0 Å². The molecule has 0 saturated heterocycles. The van der Waals surface area contributed by atoms with Crippen molar-refractivity contribution in [2.24, 2.45) is 0 Å². The molecule has 1 nitrogen and oxygen atoms in total. The van der Waals surface area contributed by atoms with Crippen LogP contribution in [0.3, 0.4) is 0 Å². The summed E-state index contributed by atoms with van der Waals surface area (Å²) in [5.74, 6) is 0. The molecule has 1 heteroatoms. The predicted molar refractivity (Wildman–Crippen MR) is 195 cm³/mol. The Morgan fingerprint density at radius 3 is 1.85 bits per heavy atom. The van der Waals surface area contributed by atoms with E-state index in [2.05, 4.69) is 182 Å². The summed E-state index contributed by atoms with van der Waals surface area (Å²) in [5.41, 5.74) is 16.5. The van der Waals surface area contributed by atoms with Gasteiger partial charge in [0.2, 0.25) is 0 Å². The second kappa shape index (κ2) is 10.2. The normalized spacial score (nSPS) is 13.2. The van der Waals surface area contributed by atoms with Crippen LogP contribution in [0.5, 0.6) is 0 Å². The molecule has 0 fully saturated rings. The summed E-state index contributed by atoms with van der Waals surface area (Å²) in [4.78, 5) is 0. The fourth-order valence-corrected chi connectivity index (χ4v) is 7.70. The molecular weight excluding hydrogens is 555 g/mol. The van der Waals surface area contributed by atoms with Crippen molar-refractivity contribution < 1.29 is 0 Å². The van der Waals surface area contributed by atoms with E-state index in [-0.39, 0.29) is 5.41 Å². The lowest BCUT2D eigenvalue weighted by atomic mass is 9.81. The van der Waals surface area contributed by atoms with Crippen LogP contribution in [0.2, 0.25) is 0 Å². The lowest BCUT2D eigenvalue weighted by Crippen LogP contribution is -2.14. The summed E-state index contributed by atoms with van der Waals surface area (Å²) in [6.07, 6.45) is 0. The predicted octanol–water partition coefficient (Wildman–Crippen LogP) is 12.1. The molecule has 1 heterocycles. The zero-order valence-corrected chi connectivity index (χ0v) is 26.0. The van der Waals surface area contributed by atoms with Gasteiger partial charge in [0.15, 0.2) is 0 Å². The molecule has 0 saturated carbocycles. The van der Waals surface area contributed by atoms with Gasteiger partial charge in [-0.3, -0.25) is 0 Å². The van der Waals surface area contributed by atoms with Crippen LogP contribution in [0, 0.1) is 0 Å². The third-order valence-corrected chi connectivity index (χ3v) is 10.0. The average molecular weight is 588 g/mol. The van der Waals surface area contributed by atoms with E-state index >= 15 is 0 Å². The zero-order valence-electron chi connectivity index (χ0n) is 26.0. The Morgan fingerprint density at radius 2 is 0.978 bits per heavy atom. The minimum Gasteiger partial charge on any atom is -0.309 e. The lowest BCUT2D eigenvalue weighted by molar-refractivity contribution is 0.660. The molecule has 0 atom stereocenters. The van der Waals surface area contributed by atoms with E-state index in [1.807, 2.05) is 0 Å². The highest BCUT2D eigenvalue weighted by Crippen LogP contribution is 2.49. The SMILES string of the molecule is CC1(C)c2ccccc2-c2ccc(-c3ccc(-c4cccc5c6ccccc6n(-c6cccc(-c7ccccc7)c6)c45)cc3)cc21. The van der Waals surface area contributed by atoms with Crippen LogP contribution in [-0.4, -0.2) is 4.57 Å². The van der Waals surface area contributed by atoms with E-state index in [4.69, 9.17) is 0 Å². The highest BCUT2D eigenvalue weighted by atomic mass is 15.0. The number of benzene rings is 7. The Balaban J connectivity index is 1.17. The number of para-hydroxylation sites is 2. The molecule has 1 aliphatic carbocycles. The number of hydrogen-bond acceptors (Lipinski definition) is 0. The van der Waals surface area contributed by atoms with Crippen molar-refractivity contribution in [3.05, 3.63) is 175 Å². The first-order valence-corrected chi connectivity index (χ1v) is 16.1. The number of fused-ring (bicyclic) bond motifs is 6. The van der Waals surface area contributed by atoms with Crippen molar-refractivity contribution in [2.45, 2.75) is 19.3 Å². The molecule has 0 unspecified atom stereocenters. The molecule has 1 aromatic heterocycles. The van der Waals surface area contributed by atoms with Crippen molar-refractivity contribution in [1.82, 2.24) is 4.57 Å². The Bertz CT molecular complexity index is 2420. The maximum atomic E-state index is 2.45. The van der Waals surface area contributed by atoms with Gasteiger partial charge in [0.1, 0.15) is 0 Å². The minimum atomic E-state index is -0.0112. The van der Waals surface area contributed by atoms with E-state index in [9.17, 15) is 0 Å². The maximum absolute atomic E-state index is 2.45. The molecule has 1 aliphatic rings. The van der Waals surface area contributed by atoms with Gasteiger partial charge in [0.05, 0.1) is 11.0 Å². The Kier molecular flexibility index (Phi) is 5.92. The van der Waals surface area contributed by atoms with Crippen molar-refractivity contribution in [1.29, 1.82) is 0 Å². The highest BCUT2D eigenvalue weighted by Gasteiger charge is 2.35. The van der Waals surface area contributed by atoms with Gasteiger partial charge >= 0.3 is 0 Å². The smallest absolute Gasteiger partial charge is 0.0619 e. The van der Waals surface area contributed by atoms with Crippen LogP contribution >= 0.6 is 0 Å². The first-order valence-electron chi connectivity index (χ1n) is 16.1. The van der Waals surface area contributed by atoms with E-state index in [0.717, 1.165) is 0 Å². The number of hydrogen-bond donors (Lipinski definition) is 0. The molecule has 7 aromatic carbocycles. The molecule has 0 radical (unpaired) electrons. The van der Waals surface area contributed by atoms with E-state index < -0.39 is 0 Å². The molecule has 0 amide bonds. The van der Waals surface area contributed by atoms with Crippen LogP contribution in [0.4, 0.5) is 0 Å². The van der Waals surface area contributed by atoms with Gasteiger partial charge in [-0.05, 0) is 74.3 Å². The van der Waals surface area contributed by atoms with Crippen LogP contribution in [0.15, 0.2) is 164 Å². The standard InChI is InChI=1S/C45H33N/c1-45(2)41-20-8-6-16-37(41)38-27-26-34(29-42(38)45)31-22-24-32(25-23-31)36-18-11-19-40-39-17-7-9-21-43(39)46(44(36)40)35-15-10-14-33(28-35)30-12-4-3-5-13-30/h3-29H,1-2H3. The van der Waals surface area contributed by atoms with Crippen LogP contribution in [-0.2, 0) is 5.41 Å². The average Bonchev–Trinajstić information content (AvgIpc) is 3.58. The van der Waals surface area contributed by atoms with Crippen molar-refractivity contribution in [3.63, 3.8) is 0 Å². The molecule has 46 heavy (non-hydrogen) atoms. The van der Waals surface area contributed by atoms with Gasteiger partial charge in [-0.2, -0.15) is 0 Å². The van der Waals surface area contributed by atoms with Gasteiger partial charge in [0, 0.05) is 27.4 Å². The van der Waals surface area contributed by atoms with Crippen molar-refractivity contribution in [3.8, 4) is 50.2 Å². The molecule has 8 aromatic rings. The summed E-state index contributed by atoms with van der Waals surface area (Å²) in [6.45, 7) is 4.69. The van der Waals surface area contributed by atoms with Gasteiger partial charge in [0.25, 0.3) is 0 Å². The summed E-state index contributed by atoms with van der Waals surface area (Å²) in [6, 6.07) is 60.1. The molecule has 0 spiro atoms. The van der Waals surface area contributed by atoms with E-state index in [1.54, 1.807) is 0 Å². The fourth-order valence-electron chi connectivity index (χ4n) is 7.70. The third-order valence-electron chi connectivity index (χ3n) is 10.0. The fraction of sp³-hybridized carbons (Fsp3) is 0.0667. The third kappa shape index (κ3) is 4.02. The minimum absolute atomic E-state index is 0.0112. The molecule has 0 bridgehead atoms. The Labute approximate surface area is 270 Å². The second-order valence-electron chi connectivity index (χ2n) is 13.0. The van der Waals surface area contributed by atoms with Gasteiger partial charge in [-0.1, -0.05) is 153 Å². The summed E-state index contributed by atoms with van der Waals surface area (Å²) < 4.78 is 2.45. The largest absolute Gasteiger partial charge is 0.309 e. The second-order valence-corrected chi connectivity index (χ2v) is 13.0. The molecule has 0 aliphatic heterocycles. The summed E-state index contributed by atoms with van der Waals surface area (Å²) in [5, 5.41) is 2.53. The van der Waals surface area contributed by atoms with Crippen LogP contribution in [0.25, 0.3) is 72.0 Å². The first kappa shape index (κ1) is 26.7. The first-order chi connectivity index (χ1) is 22.6. The highest BCUT2D eigenvalue weighted by molar-refractivity contribution is 6.13. The molecule has 218 valence electrons. The Morgan fingerprint density at radius 1 is 0.391 bits per heavy atom. The van der Waals surface area contributed by atoms with E-state index in [0.29, 0.717) is 0 Å². The number of rotatable bonds is 4. The Hall–Kier alpha value is -5.66. The number of nitrogens with zero attached hydrogens (tertiary/aromatic N) is 1. The zero-order chi connectivity index (χ0) is 30.8.